The third-order valence-corrected chi connectivity index (χ3v) is 5.73. The molecule has 0 aliphatic carbocycles. The number of nitrogens with zero attached hydrogens (tertiary/aromatic N) is 5. The molecule has 29 heavy (non-hydrogen) atoms. The average Bonchev–Trinajstić information content (AvgIpc) is 3.35. The van der Waals surface area contributed by atoms with E-state index in [4.69, 9.17) is 14.7 Å². The van der Waals surface area contributed by atoms with Crippen molar-refractivity contribution in [3.8, 4) is 0 Å². The van der Waals surface area contributed by atoms with Crippen LogP contribution in [0.15, 0.2) is 35.4 Å². The van der Waals surface area contributed by atoms with Gasteiger partial charge in [-0.1, -0.05) is 31.9 Å². The Morgan fingerprint density at radius 1 is 1.14 bits per heavy atom. The zero-order chi connectivity index (χ0) is 19.8. The Balaban J connectivity index is 1.73. The maximum Gasteiger partial charge on any atom is 0.265 e. The Hall–Kier alpha value is -2.80. The number of aromatic nitrogens is 5. The summed E-state index contributed by atoms with van der Waals surface area (Å²) in [4.78, 5) is 27.8. The topological polar surface area (TPSA) is 74.8 Å². The molecular formula is C22H25N5O2. The molecule has 1 atom stereocenters. The predicted molar refractivity (Wildman–Crippen MR) is 113 cm³/mol. The normalized spacial score (nSPS) is 17.1. The van der Waals surface area contributed by atoms with Crippen LogP contribution in [0.5, 0.6) is 0 Å². The van der Waals surface area contributed by atoms with Crippen LogP contribution < -0.4 is 5.56 Å². The molecule has 0 spiro atoms. The van der Waals surface area contributed by atoms with Crippen LogP contribution >= 0.6 is 0 Å². The van der Waals surface area contributed by atoms with Crippen molar-refractivity contribution in [3.05, 3.63) is 40.9 Å². The van der Waals surface area contributed by atoms with Crippen molar-refractivity contribution in [1.29, 1.82) is 0 Å². The number of unbranched alkanes of at least 4 members (excludes halogenated alkanes) is 2. The Morgan fingerprint density at radius 3 is 2.72 bits per heavy atom. The lowest BCUT2D eigenvalue weighted by Crippen LogP contribution is -2.26. The average molecular weight is 391 g/mol. The van der Waals surface area contributed by atoms with E-state index < -0.39 is 0 Å². The number of hydrogen-bond donors (Lipinski definition) is 0. The van der Waals surface area contributed by atoms with E-state index in [0.717, 1.165) is 61.9 Å². The number of aryl methyl sites for hydroxylation is 1. The largest absolute Gasteiger partial charge is 0.376 e. The molecule has 4 aromatic rings. The lowest BCUT2D eigenvalue weighted by Gasteiger charge is -2.11. The number of para-hydroxylation sites is 2. The molecule has 1 saturated heterocycles. The maximum absolute atomic E-state index is 13.4. The summed E-state index contributed by atoms with van der Waals surface area (Å²) < 4.78 is 9.46. The van der Waals surface area contributed by atoms with Crippen molar-refractivity contribution in [2.24, 2.45) is 0 Å². The van der Waals surface area contributed by atoms with Gasteiger partial charge in [0.1, 0.15) is 10.9 Å². The Bertz CT molecular complexity index is 1240. The highest BCUT2D eigenvalue weighted by molar-refractivity contribution is 6.04. The molecule has 0 amide bonds. The van der Waals surface area contributed by atoms with Gasteiger partial charge in [0.25, 0.3) is 5.56 Å². The second kappa shape index (κ2) is 7.55. The molecule has 0 bridgehead atoms. The lowest BCUT2D eigenvalue weighted by atomic mass is 10.2. The summed E-state index contributed by atoms with van der Waals surface area (Å²) in [5.74, 6) is 0. The minimum absolute atomic E-state index is 0.0608. The van der Waals surface area contributed by atoms with Gasteiger partial charge in [-0.05, 0) is 31.4 Å². The third-order valence-electron chi connectivity index (χ3n) is 5.73. The van der Waals surface area contributed by atoms with Crippen LogP contribution in [0.25, 0.3) is 33.2 Å². The van der Waals surface area contributed by atoms with Gasteiger partial charge in [0, 0.05) is 13.2 Å². The number of hydrogen-bond acceptors (Lipinski definition) is 5. The smallest absolute Gasteiger partial charge is 0.265 e. The molecule has 0 radical (unpaired) electrons. The third kappa shape index (κ3) is 3.19. The summed E-state index contributed by atoms with van der Waals surface area (Å²) in [6.07, 6.45) is 7.03. The van der Waals surface area contributed by atoms with Gasteiger partial charge in [-0.3, -0.25) is 9.36 Å². The van der Waals surface area contributed by atoms with Gasteiger partial charge >= 0.3 is 0 Å². The molecule has 150 valence electrons. The summed E-state index contributed by atoms with van der Waals surface area (Å²) in [6, 6.07) is 7.79. The number of rotatable bonds is 6. The van der Waals surface area contributed by atoms with Crippen molar-refractivity contribution in [1.82, 2.24) is 24.1 Å². The van der Waals surface area contributed by atoms with Crippen molar-refractivity contribution in [2.75, 3.05) is 6.61 Å². The van der Waals surface area contributed by atoms with Crippen molar-refractivity contribution in [3.63, 3.8) is 0 Å². The fourth-order valence-electron chi connectivity index (χ4n) is 4.21. The molecule has 1 aromatic carbocycles. The van der Waals surface area contributed by atoms with E-state index >= 15 is 0 Å². The Morgan fingerprint density at radius 2 is 1.97 bits per heavy atom. The summed E-state index contributed by atoms with van der Waals surface area (Å²) in [6.45, 7) is 4.26. The highest BCUT2D eigenvalue weighted by Crippen LogP contribution is 2.25. The predicted octanol–water partition coefficient (Wildman–Crippen LogP) is 3.66. The molecule has 0 saturated carbocycles. The highest BCUT2D eigenvalue weighted by atomic mass is 16.5. The van der Waals surface area contributed by atoms with E-state index in [0.29, 0.717) is 23.1 Å². The van der Waals surface area contributed by atoms with E-state index in [1.807, 2.05) is 24.3 Å². The van der Waals surface area contributed by atoms with Crippen LogP contribution in [-0.4, -0.2) is 36.8 Å². The molecule has 5 rings (SSSR count). The minimum Gasteiger partial charge on any atom is -0.376 e. The zero-order valence-corrected chi connectivity index (χ0v) is 16.7. The molecule has 4 heterocycles. The molecule has 0 N–H and O–H groups in total. The van der Waals surface area contributed by atoms with Gasteiger partial charge in [0.15, 0.2) is 11.3 Å². The zero-order valence-electron chi connectivity index (χ0n) is 16.7. The second-order valence-corrected chi connectivity index (χ2v) is 7.78. The first-order valence-electron chi connectivity index (χ1n) is 10.5. The summed E-state index contributed by atoms with van der Waals surface area (Å²) in [5, 5.41) is 0.565. The summed E-state index contributed by atoms with van der Waals surface area (Å²) in [5.41, 5.74) is 3.64. The lowest BCUT2D eigenvalue weighted by molar-refractivity contribution is 0.0960. The van der Waals surface area contributed by atoms with Gasteiger partial charge in [-0.15, -0.1) is 0 Å². The summed E-state index contributed by atoms with van der Waals surface area (Å²) >= 11 is 0. The first-order valence-corrected chi connectivity index (χ1v) is 10.5. The van der Waals surface area contributed by atoms with Crippen LogP contribution in [0.3, 0.4) is 0 Å². The van der Waals surface area contributed by atoms with Gasteiger partial charge < -0.3 is 9.30 Å². The quantitative estimate of drug-likeness (QED) is 0.469. The van der Waals surface area contributed by atoms with Gasteiger partial charge in [-0.25, -0.2) is 15.0 Å². The van der Waals surface area contributed by atoms with Crippen LogP contribution in [-0.2, 0) is 17.8 Å². The Kier molecular flexibility index (Phi) is 4.75. The molecule has 1 fully saturated rings. The molecular weight excluding hydrogens is 366 g/mol. The van der Waals surface area contributed by atoms with E-state index in [2.05, 4.69) is 16.5 Å². The van der Waals surface area contributed by atoms with E-state index in [1.165, 1.54) is 0 Å². The number of benzene rings is 1. The van der Waals surface area contributed by atoms with Gasteiger partial charge in [-0.2, -0.15) is 0 Å². The highest BCUT2D eigenvalue weighted by Gasteiger charge is 2.22. The fraction of sp³-hybridized carbons (Fsp3) is 0.455. The molecule has 7 nitrogen and oxygen atoms in total. The van der Waals surface area contributed by atoms with Crippen molar-refractivity contribution in [2.45, 2.75) is 58.2 Å². The number of fused-ring (bicyclic) bond motifs is 4. The van der Waals surface area contributed by atoms with E-state index in [-0.39, 0.29) is 11.7 Å². The van der Waals surface area contributed by atoms with Crippen LogP contribution in [0.1, 0.15) is 39.0 Å². The maximum atomic E-state index is 13.4. The molecule has 1 aliphatic heterocycles. The molecule has 0 unspecified atom stereocenters. The van der Waals surface area contributed by atoms with Crippen LogP contribution in [0.4, 0.5) is 0 Å². The SMILES string of the molecule is CCCCCn1c2nc3ccccc3nc2c2c(=O)n(C[C@@H]3CCCO3)cnc21. The standard InChI is InChI=1S/C22H25N5O2/c1-2-3-6-11-27-20-18(19-21(27)25-17-10-5-4-9-16(17)24-19)22(28)26(14-23-20)13-15-8-7-12-29-15/h4-5,9-10,14-15H,2-3,6-8,11-13H2,1H3/t15-/m0/s1. The van der Waals surface area contributed by atoms with Crippen molar-refractivity contribution < 1.29 is 4.74 Å². The van der Waals surface area contributed by atoms with Crippen molar-refractivity contribution >= 4 is 33.2 Å². The van der Waals surface area contributed by atoms with Gasteiger partial charge in [0.05, 0.1) is 30.0 Å². The van der Waals surface area contributed by atoms with Gasteiger partial charge in [0.2, 0.25) is 0 Å². The minimum atomic E-state index is -0.0608. The first kappa shape index (κ1) is 18.2. The molecule has 7 heteroatoms. The Labute approximate surface area is 168 Å². The number of ether oxygens (including phenoxy) is 1. The second-order valence-electron chi connectivity index (χ2n) is 7.78. The fourth-order valence-corrected chi connectivity index (χ4v) is 4.21. The first-order chi connectivity index (χ1) is 14.3. The van der Waals surface area contributed by atoms with Crippen LogP contribution in [0.2, 0.25) is 0 Å². The molecule has 3 aromatic heterocycles. The van der Waals surface area contributed by atoms with E-state index in [1.54, 1.807) is 10.9 Å². The van der Waals surface area contributed by atoms with E-state index in [9.17, 15) is 4.79 Å². The monoisotopic (exact) mass is 391 g/mol. The van der Waals surface area contributed by atoms with Crippen LogP contribution in [0, 0.1) is 0 Å². The summed E-state index contributed by atoms with van der Waals surface area (Å²) in [7, 11) is 0. The molecule has 1 aliphatic rings.